The molecule has 0 spiro atoms. The van der Waals surface area contributed by atoms with Crippen LogP contribution in [0.5, 0.6) is 0 Å². The van der Waals surface area contributed by atoms with Crippen LogP contribution < -0.4 is 5.32 Å². The third-order valence-electron chi connectivity index (χ3n) is 6.90. The summed E-state index contributed by atoms with van der Waals surface area (Å²) in [5, 5.41) is 4.68. The maximum atomic E-state index is 13.6. The molecule has 2 heterocycles. The molecule has 3 aromatic rings. The van der Waals surface area contributed by atoms with Crippen molar-refractivity contribution in [1.82, 2.24) is 14.8 Å². The van der Waals surface area contributed by atoms with Crippen molar-refractivity contribution < 1.29 is 9.53 Å². The highest BCUT2D eigenvalue weighted by Gasteiger charge is 2.31. The number of fused-ring (bicyclic) bond motifs is 1. The maximum absolute atomic E-state index is 13.6. The average molecular weight is 448 g/mol. The Morgan fingerprint density at radius 3 is 2.67 bits per heavy atom. The van der Waals surface area contributed by atoms with Gasteiger partial charge in [0.2, 0.25) is 0 Å². The van der Waals surface area contributed by atoms with Gasteiger partial charge >= 0.3 is 0 Å². The molecule has 1 aliphatic rings. The second-order valence-corrected chi connectivity index (χ2v) is 9.55. The van der Waals surface area contributed by atoms with E-state index in [0.29, 0.717) is 11.8 Å². The number of ether oxygens (including phenoxy) is 1. The van der Waals surface area contributed by atoms with Gasteiger partial charge in [-0.25, -0.2) is 0 Å². The largest absolute Gasteiger partial charge is 0.385 e. The average Bonchev–Trinajstić information content (AvgIpc) is 3.44. The van der Waals surface area contributed by atoms with Crippen LogP contribution >= 0.6 is 0 Å². The quantitative estimate of drug-likeness (QED) is 0.462. The van der Waals surface area contributed by atoms with Crippen molar-refractivity contribution in [3.05, 3.63) is 71.9 Å². The topological polar surface area (TPSA) is 46.5 Å². The van der Waals surface area contributed by atoms with E-state index in [1.807, 2.05) is 12.1 Å². The van der Waals surface area contributed by atoms with Crippen LogP contribution in [-0.4, -0.2) is 54.8 Å². The van der Waals surface area contributed by atoms with E-state index in [4.69, 9.17) is 4.74 Å². The summed E-state index contributed by atoms with van der Waals surface area (Å²) in [6.07, 6.45) is 4.13. The highest BCUT2D eigenvalue weighted by Crippen LogP contribution is 2.25. The van der Waals surface area contributed by atoms with Crippen molar-refractivity contribution in [2.75, 3.05) is 33.4 Å². The van der Waals surface area contributed by atoms with Crippen LogP contribution in [0.25, 0.3) is 10.9 Å². The molecule has 0 aliphatic carbocycles. The number of nitrogens with zero attached hydrogens (tertiary/aromatic N) is 2. The second-order valence-electron chi connectivity index (χ2n) is 9.55. The summed E-state index contributed by atoms with van der Waals surface area (Å²) in [5.74, 6) is 1.14. The fourth-order valence-electron chi connectivity index (χ4n) is 5.01. The van der Waals surface area contributed by atoms with Gasteiger partial charge < -0.3 is 19.5 Å². The molecule has 0 bridgehead atoms. The third kappa shape index (κ3) is 5.66. The zero-order valence-corrected chi connectivity index (χ0v) is 20.2. The van der Waals surface area contributed by atoms with Crippen LogP contribution in [0.3, 0.4) is 0 Å². The Labute approximate surface area is 197 Å². The van der Waals surface area contributed by atoms with Crippen LogP contribution in [0.15, 0.2) is 60.8 Å². The Morgan fingerprint density at radius 1 is 1.12 bits per heavy atom. The number of aryl methyl sites for hydroxylation is 1. The van der Waals surface area contributed by atoms with E-state index in [1.165, 1.54) is 11.1 Å². The summed E-state index contributed by atoms with van der Waals surface area (Å²) in [7, 11) is 1.73. The van der Waals surface area contributed by atoms with Gasteiger partial charge in [-0.15, -0.1) is 0 Å². The molecule has 1 saturated heterocycles. The van der Waals surface area contributed by atoms with E-state index in [2.05, 4.69) is 77.3 Å². The Morgan fingerprint density at radius 2 is 1.91 bits per heavy atom. The predicted octanol–water partition coefficient (Wildman–Crippen LogP) is 4.61. The van der Waals surface area contributed by atoms with Gasteiger partial charge in [-0.3, -0.25) is 4.79 Å². The van der Waals surface area contributed by atoms with Crippen molar-refractivity contribution in [2.24, 2.45) is 11.8 Å². The summed E-state index contributed by atoms with van der Waals surface area (Å²) >= 11 is 0. The lowest BCUT2D eigenvalue weighted by molar-refractivity contribution is 0.0662. The number of rotatable bonds is 10. The minimum Gasteiger partial charge on any atom is -0.385 e. The van der Waals surface area contributed by atoms with Crippen molar-refractivity contribution in [2.45, 2.75) is 39.3 Å². The number of carbonyl (C=O) groups excluding carboxylic acids is 1. The van der Waals surface area contributed by atoms with E-state index in [0.717, 1.165) is 56.6 Å². The number of carbonyl (C=O) groups is 1. The molecule has 4 rings (SSSR count). The lowest BCUT2D eigenvalue weighted by atomic mass is 9.89. The summed E-state index contributed by atoms with van der Waals surface area (Å²) < 4.78 is 7.42. The minimum absolute atomic E-state index is 0.129. The number of benzene rings is 2. The molecule has 1 N–H and O–H groups in total. The normalized spacial score (nSPS) is 18.3. The molecular formula is C28H37N3O2. The predicted molar refractivity (Wildman–Crippen MR) is 135 cm³/mol. The standard InChI is InChI=1S/C28H37N3O2/c1-21(2)31(20-26-19-29-18-25(26)16-22-8-5-4-6-9-22)28(32)24-10-11-27-23(17-24)12-14-30(27)13-7-15-33-3/h4-6,8-12,14,17,21,25-26,29H,7,13,15-16,18-20H2,1-3H3/t25-,26+/m0/s1. The lowest BCUT2D eigenvalue weighted by Gasteiger charge is -2.31. The zero-order chi connectivity index (χ0) is 23.2. The molecule has 0 unspecified atom stereocenters. The first kappa shape index (κ1) is 23.5. The number of hydrogen-bond acceptors (Lipinski definition) is 3. The van der Waals surface area contributed by atoms with Crippen LogP contribution in [0.4, 0.5) is 0 Å². The van der Waals surface area contributed by atoms with E-state index in [1.54, 1.807) is 7.11 Å². The number of methoxy groups -OCH3 is 1. The monoisotopic (exact) mass is 447 g/mol. The van der Waals surface area contributed by atoms with Gasteiger partial charge in [0, 0.05) is 55.5 Å². The molecular weight excluding hydrogens is 410 g/mol. The second kappa shape index (κ2) is 11.0. The highest BCUT2D eigenvalue weighted by molar-refractivity contribution is 5.98. The van der Waals surface area contributed by atoms with Gasteiger partial charge in [0.1, 0.15) is 0 Å². The van der Waals surface area contributed by atoms with Gasteiger partial charge in [-0.1, -0.05) is 30.3 Å². The molecule has 2 atom stereocenters. The number of aromatic nitrogens is 1. The first-order valence-corrected chi connectivity index (χ1v) is 12.2. The van der Waals surface area contributed by atoms with Crippen LogP contribution in [0, 0.1) is 11.8 Å². The van der Waals surface area contributed by atoms with E-state index in [9.17, 15) is 4.79 Å². The van der Waals surface area contributed by atoms with Crippen LogP contribution in [0.2, 0.25) is 0 Å². The smallest absolute Gasteiger partial charge is 0.254 e. The first-order valence-electron chi connectivity index (χ1n) is 12.2. The van der Waals surface area contributed by atoms with Gasteiger partial charge in [0.25, 0.3) is 5.91 Å². The van der Waals surface area contributed by atoms with Gasteiger partial charge in [0.15, 0.2) is 0 Å². The zero-order valence-electron chi connectivity index (χ0n) is 20.2. The molecule has 33 heavy (non-hydrogen) atoms. The lowest BCUT2D eigenvalue weighted by Crippen LogP contribution is -2.42. The Kier molecular flexibility index (Phi) is 7.84. The molecule has 176 valence electrons. The summed E-state index contributed by atoms with van der Waals surface area (Å²) in [6, 6.07) is 19.1. The molecule has 0 saturated carbocycles. The number of amides is 1. The SMILES string of the molecule is COCCCn1ccc2cc(C(=O)N(C[C@H]3CNC[C@@H]3Cc3ccccc3)C(C)C)ccc21. The van der Waals surface area contributed by atoms with Gasteiger partial charge in [-0.05, 0) is 81.4 Å². The number of nitrogens with one attached hydrogen (secondary N) is 1. The fourth-order valence-corrected chi connectivity index (χ4v) is 5.01. The summed E-state index contributed by atoms with van der Waals surface area (Å²) in [4.78, 5) is 15.6. The summed E-state index contributed by atoms with van der Waals surface area (Å²) in [6.45, 7) is 8.69. The molecule has 1 aromatic heterocycles. The van der Waals surface area contributed by atoms with Gasteiger partial charge in [-0.2, -0.15) is 0 Å². The van der Waals surface area contributed by atoms with E-state index < -0.39 is 0 Å². The molecule has 1 amide bonds. The van der Waals surface area contributed by atoms with Crippen molar-refractivity contribution in [3.8, 4) is 0 Å². The Balaban J connectivity index is 1.47. The van der Waals surface area contributed by atoms with Crippen LogP contribution in [-0.2, 0) is 17.7 Å². The minimum atomic E-state index is 0.129. The highest BCUT2D eigenvalue weighted by atomic mass is 16.5. The molecule has 1 fully saturated rings. The fraction of sp³-hybridized carbons (Fsp3) is 0.464. The third-order valence-corrected chi connectivity index (χ3v) is 6.90. The van der Waals surface area contributed by atoms with Crippen LogP contribution in [0.1, 0.15) is 36.2 Å². The molecule has 5 heteroatoms. The molecule has 1 aliphatic heterocycles. The maximum Gasteiger partial charge on any atom is 0.254 e. The Hall–Kier alpha value is -2.63. The Bertz CT molecular complexity index is 1040. The number of hydrogen-bond donors (Lipinski definition) is 1. The van der Waals surface area contributed by atoms with Crippen molar-refractivity contribution in [1.29, 1.82) is 0 Å². The molecule has 5 nitrogen and oxygen atoms in total. The molecule has 2 aromatic carbocycles. The summed E-state index contributed by atoms with van der Waals surface area (Å²) in [5.41, 5.74) is 3.32. The van der Waals surface area contributed by atoms with Gasteiger partial charge in [0.05, 0.1) is 0 Å². The van der Waals surface area contributed by atoms with E-state index in [-0.39, 0.29) is 11.9 Å². The van der Waals surface area contributed by atoms with Crippen molar-refractivity contribution >= 4 is 16.8 Å². The first-order chi connectivity index (χ1) is 16.1. The van der Waals surface area contributed by atoms with E-state index >= 15 is 0 Å². The van der Waals surface area contributed by atoms with Crippen molar-refractivity contribution in [3.63, 3.8) is 0 Å². The molecule has 0 radical (unpaired) electrons.